The summed E-state index contributed by atoms with van der Waals surface area (Å²) >= 11 is 6.67. The third-order valence-corrected chi connectivity index (χ3v) is 2.66. The highest BCUT2D eigenvalue weighted by Crippen LogP contribution is 2.39. The summed E-state index contributed by atoms with van der Waals surface area (Å²) in [4.78, 5) is 0. The number of hydrogen-bond donors (Lipinski definition) is 0. The van der Waals surface area contributed by atoms with Crippen molar-refractivity contribution in [2.45, 2.75) is 0 Å². The Bertz CT molecular complexity index is 287. The van der Waals surface area contributed by atoms with Gasteiger partial charge in [0.15, 0.2) is 5.75 Å². The number of methoxy groups -OCH3 is 2. The molecular weight excluding hydrogens is 288 g/mol. The van der Waals surface area contributed by atoms with E-state index in [-0.39, 0.29) is 0 Å². The molecular formula is C8H7Br2O2. The summed E-state index contributed by atoms with van der Waals surface area (Å²) < 4.78 is 11.8. The number of hydrogen-bond acceptors (Lipinski definition) is 2. The van der Waals surface area contributed by atoms with Gasteiger partial charge in [0, 0.05) is 6.07 Å². The molecule has 0 amide bonds. The minimum absolute atomic E-state index is 0.634. The molecule has 0 aromatic heterocycles. The van der Waals surface area contributed by atoms with Crippen LogP contribution in [0.4, 0.5) is 0 Å². The summed E-state index contributed by atoms with van der Waals surface area (Å²) in [5.74, 6) is 1.35. The molecule has 1 aromatic rings. The maximum atomic E-state index is 5.12. The second kappa shape index (κ2) is 4.14. The van der Waals surface area contributed by atoms with Crippen LogP contribution >= 0.6 is 31.9 Å². The van der Waals surface area contributed by atoms with Gasteiger partial charge in [0.2, 0.25) is 0 Å². The van der Waals surface area contributed by atoms with Crippen LogP contribution in [0, 0.1) is 6.07 Å². The van der Waals surface area contributed by atoms with Crippen molar-refractivity contribution >= 4 is 31.9 Å². The second-order valence-corrected chi connectivity index (χ2v) is 3.66. The largest absolute Gasteiger partial charge is 0.495 e. The zero-order chi connectivity index (χ0) is 9.14. The van der Waals surface area contributed by atoms with Gasteiger partial charge in [-0.05, 0) is 37.9 Å². The Morgan fingerprint density at radius 1 is 1.25 bits per heavy atom. The lowest BCUT2D eigenvalue weighted by Crippen LogP contribution is -1.90. The number of rotatable bonds is 2. The first-order valence-electron chi connectivity index (χ1n) is 3.18. The quantitative estimate of drug-likeness (QED) is 0.835. The van der Waals surface area contributed by atoms with Crippen LogP contribution in [-0.2, 0) is 0 Å². The van der Waals surface area contributed by atoms with Crippen LogP contribution in [0.25, 0.3) is 0 Å². The molecule has 0 unspecified atom stereocenters. The molecule has 12 heavy (non-hydrogen) atoms. The normalized spacial score (nSPS) is 9.67. The minimum Gasteiger partial charge on any atom is -0.495 e. The average molecular weight is 295 g/mol. The number of halogens is 2. The lowest BCUT2D eigenvalue weighted by molar-refractivity contribution is 0.387. The van der Waals surface area contributed by atoms with E-state index in [1.165, 1.54) is 0 Å². The van der Waals surface area contributed by atoms with Crippen molar-refractivity contribution in [3.05, 3.63) is 21.1 Å². The first-order valence-corrected chi connectivity index (χ1v) is 4.77. The maximum Gasteiger partial charge on any atom is 0.151 e. The van der Waals surface area contributed by atoms with Gasteiger partial charge in [0.05, 0.1) is 18.7 Å². The van der Waals surface area contributed by atoms with Gasteiger partial charge < -0.3 is 9.47 Å². The van der Waals surface area contributed by atoms with Crippen LogP contribution in [0.15, 0.2) is 15.0 Å². The highest BCUT2D eigenvalue weighted by molar-refractivity contribution is 9.11. The van der Waals surface area contributed by atoms with Crippen molar-refractivity contribution < 1.29 is 9.47 Å². The summed E-state index contributed by atoms with van der Waals surface area (Å²) in [6, 6.07) is 4.69. The fraction of sp³-hybridized carbons (Fsp3) is 0.250. The molecule has 0 saturated heterocycles. The van der Waals surface area contributed by atoms with Crippen LogP contribution in [0.2, 0.25) is 0 Å². The van der Waals surface area contributed by atoms with Gasteiger partial charge in [-0.25, -0.2) is 0 Å². The molecule has 0 aliphatic heterocycles. The van der Waals surface area contributed by atoms with Gasteiger partial charge in [-0.1, -0.05) is 0 Å². The van der Waals surface area contributed by atoms with E-state index in [1.807, 2.05) is 0 Å². The van der Waals surface area contributed by atoms with Gasteiger partial charge in [-0.3, -0.25) is 0 Å². The molecule has 0 aliphatic rings. The van der Waals surface area contributed by atoms with E-state index in [9.17, 15) is 0 Å². The molecule has 1 radical (unpaired) electrons. The molecule has 0 N–H and O–H groups in total. The Kier molecular flexibility index (Phi) is 3.40. The third kappa shape index (κ3) is 1.75. The van der Waals surface area contributed by atoms with E-state index < -0.39 is 0 Å². The second-order valence-electron chi connectivity index (χ2n) is 2.02. The summed E-state index contributed by atoms with van der Waals surface area (Å²) in [5, 5.41) is 0. The molecule has 0 atom stereocenters. The smallest absolute Gasteiger partial charge is 0.151 e. The van der Waals surface area contributed by atoms with E-state index >= 15 is 0 Å². The van der Waals surface area contributed by atoms with Gasteiger partial charge in [0.25, 0.3) is 0 Å². The Hall–Kier alpha value is -0.220. The van der Waals surface area contributed by atoms with Crippen LogP contribution < -0.4 is 9.47 Å². The first kappa shape index (κ1) is 9.86. The Labute approximate surface area is 88.1 Å². The highest BCUT2D eigenvalue weighted by Gasteiger charge is 2.10. The number of benzene rings is 1. The molecule has 0 spiro atoms. The van der Waals surface area contributed by atoms with Crippen molar-refractivity contribution in [3.8, 4) is 11.5 Å². The zero-order valence-electron chi connectivity index (χ0n) is 6.65. The summed E-state index contributed by atoms with van der Waals surface area (Å²) in [6.45, 7) is 0. The van der Waals surface area contributed by atoms with Crippen molar-refractivity contribution in [1.29, 1.82) is 0 Å². The fourth-order valence-electron chi connectivity index (χ4n) is 0.801. The molecule has 0 fully saturated rings. The van der Waals surface area contributed by atoms with Crippen LogP contribution in [-0.4, -0.2) is 14.2 Å². The van der Waals surface area contributed by atoms with E-state index in [2.05, 4.69) is 37.9 Å². The van der Waals surface area contributed by atoms with Crippen molar-refractivity contribution in [3.63, 3.8) is 0 Å². The van der Waals surface area contributed by atoms with Crippen molar-refractivity contribution in [2.24, 2.45) is 0 Å². The van der Waals surface area contributed by atoms with Gasteiger partial charge in [0.1, 0.15) is 10.2 Å². The minimum atomic E-state index is 0.634. The van der Waals surface area contributed by atoms with Crippen molar-refractivity contribution in [2.75, 3.05) is 14.2 Å². The predicted octanol–water partition coefficient (Wildman–Crippen LogP) is 3.03. The van der Waals surface area contributed by atoms with Crippen LogP contribution in [0.5, 0.6) is 11.5 Å². The molecule has 0 saturated carbocycles. The Morgan fingerprint density at radius 2 is 1.92 bits per heavy atom. The molecule has 65 valence electrons. The lowest BCUT2D eigenvalue weighted by atomic mass is 10.3. The molecule has 1 aromatic carbocycles. The van der Waals surface area contributed by atoms with E-state index in [1.54, 1.807) is 20.3 Å². The molecule has 1 rings (SSSR count). The van der Waals surface area contributed by atoms with Crippen molar-refractivity contribution in [1.82, 2.24) is 0 Å². The zero-order valence-corrected chi connectivity index (χ0v) is 9.82. The summed E-state index contributed by atoms with van der Waals surface area (Å²) in [5.41, 5.74) is 0. The van der Waals surface area contributed by atoms with Crippen LogP contribution in [0.3, 0.4) is 0 Å². The predicted molar refractivity (Wildman–Crippen MR) is 53.8 cm³/mol. The third-order valence-electron chi connectivity index (χ3n) is 1.35. The van der Waals surface area contributed by atoms with E-state index in [0.29, 0.717) is 11.5 Å². The fourth-order valence-corrected chi connectivity index (χ4v) is 2.19. The van der Waals surface area contributed by atoms with E-state index in [0.717, 1.165) is 8.95 Å². The summed E-state index contributed by atoms with van der Waals surface area (Å²) in [6.07, 6.45) is 0. The average Bonchev–Trinajstić information content (AvgIpc) is 2.06. The van der Waals surface area contributed by atoms with E-state index in [4.69, 9.17) is 9.47 Å². The standard InChI is InChI=1S/C8H7Br2O2/c1-11-6-4-3-5(9)8(12-2)7(6)10/h3H,1-2H3. The highest BCUT2D eigenvalue weighted by atomic mass is 79.9. The SMILES string of the molecule is COc1[c]cc(Br)c(OC)c1Br. The first-order chi connectivity index (χ1) is 5.70. The van der Waals surface area contributed by atoms with Gasteiger partial charge >= 0.3 is 0 Å². The number of ether oxygens (including phenoxy) is 2. The lowest BCUT2D eigenvalue weighted by Gasteiger charge is -2.08. The molecule has 0 aliphatic carbocycles. The maximum absolute atomic E-state index is 5.12. The van der Waals surface area contributed by atoms with Gasteiger partial charge in [-0.2, -0.15) is 0 Å². The molecule has 4 heteroatoms. The van der Waals surface area contributed by atoms with Crippen LogP contribution in [0.1, 0.15) is 0 Å². The molecule has 0 bridgehead atoms. The Balaban J connectivity index is 3.24. The summed E-state index contributed by atoms with van der Waals surface area (Å²) in [7, 11) is 3.19. The molecule has 2 nitrogen and oxygen atoms in total. The van der Waals surface area contributed by atoms with Gasteiger partial charge in [-0.15, -0.1) is 0 Å². The molecule has 0 heterocycles. The monoisotopic (exact) mass is 293 g/mol. The topological polar surface area (TPSA) is 18.5 Å². The Morgan fingerprint density at radius 3 is 2.42 bits per heavy atom.